The van der Waals surface area contributed by atoms with Crippen LogP contribution in [0.25, 0.3) is 5.69 Å². The minimum Gasteiger partial charge on any atom is -0.497 e. The summed E-state index contributed by atoms with van der Waals surface area (Å²) in [5, 5.41) is 4.17. The van der Waals surface area contributed by atoms with E-state index >= 15 is 0 Å². The first kappa shape index (κ1) is 15.1. The molecule has 0 aliphatic rings. The van der Waals surface area contributed by atoms with Gasteiger partial charge in [-0.15, -0.1) is 0 Å². The van der Waals surface area contributed by atoms with Crippen molar-refractivity contribution in [3.63, 3.8) is 0 Å². The summed E-state index contributed by atoms with van der Waals surface area (Å²) in [6, 6.07) is 8.18. The molecule has 0 aliphatic heterocycles. The Bertz CT molecular complexity index is 727. The van der Waals surface area contributed by atoms with Crippen molar-refractivity contribution in [3.8, 4) is 11.4 Å². The lowest BCUT2D eigenvalue weighted by molar-refractivity contribution is -0.139. The second-order valence-corrected chi connectivity index (χ2v) is 4.45. The molecule has 7 heteroatoms. The Morgan fingerprint density at radius 1 is 1.26 bits per heavy atom. The van der Waals surface area contributed by atoms with Crippen LogP contribution < -0.4 is 4.74 Å². The van der Waals surface area contributed by atoms with Gasteiger partial charge in [-0.05, 0) is 37.3 Å². The third kappa shape index (κ3) is 3.88. The third-order valence-corrected chi connectivity index (χ3v) is 3.01. The van der Waals surface area contributed by atoms with Gasteiger partial charge in [-0.2, -0.15) is 5.10 Å². The predicted octanol–water partition coefficient (Wildman–Crippen LogP) is 1.77. The van der Waals surface area contributed by atoms with Crippen LogP contribution in [0.15, 0.2) is 30.3 Å². The molecule has 1 unspecified atom stereocenters. The molecule has 0 bridgehead atoms. The summed E-state index contributed by atoms with van der Waals surface area (Å²) in [6.45, 7) is 1.88. The fourth-order valence-electron chi connectivity index (χ4n) is 1.91. The smallest absolute Gasteiger partial charge is 0.358 e. The molecule has 1 heterocycles. The molecule has 0 saturated carbocycles. The Morgan fingerprint density at radius 2 is 1.96 bits per heavy atom. The van der Waals surface area contributed by atoms with Gasteiger partial charge in [-0.3, -0.25) is 4.79 Å². The van der Waals surface area contributed by atoms with Crippen molar-refractivity contribution in [2.24, 2.45) is 0 Å². The molecule has 0 fully saturated rings. The van der Waals surface area contributed by atoms with E-state index in [1.807, 2.05) is 0 Å². The summed E-state index contributed by atoms with van der Waals surface area (Å²) in [4.78, 5) is 23.6. The van der Waals surface area contributed by atoms with Gasteiger partial charge in [0.15, 0.2) is 5.69 Å². The maximum absolute atomic E-state index is 11.9. The summed E-state index contributed by atoms with van der Waals surface area (Å²) in [5.74, 6) is -0.725. The maximum Gasteiger partial charge on any atom is 0.358 e. The Kier molecular flexibility index (Phi) is 4.88. The lowest BCUT2D eigenvalue weighted by Gasteiger charge is -2.07. The molecular weight excluding hydrogens is 300 g/mol. The summed E-state index contributed by atoms with van der Waals surface area (Å²) < 4.78 is 24.0. The second kappa shape index (κ2) is 7.44. The molecule has 1 aromatic heterocycles. The van der Waals surface area contributed by atoms with Gasteiger partial charge in [0.05, 0.1) is 38.6 Å². The lowest BCUT2D eigenvalue weighted by Crippen LogP contribution is -2.10. The first-order valence-corrected chi connectivity index (χ1v) is 6.93. The maximum atomic E-state index is 11.9. The highest BCUT2D eigenvalue weighted by Gasteiger charge is 2.18. The van der Waals surface area contributed by atoms with Crippen LogP contribution >= 0.6 is 0 Å². The van der Waals surface area contributed by atoms with Crippen LogP contribution in [0.3, 0.4) is 0 Å². The van der Waals surface area contributed by atoms with E-state index in [0.717, 1.165) is 0 Å². The third-order valence-electron chi connectivity index (χ3n) is 3.01. The van der Waals surface area contributed by atoms with Crippen LogP contribution in [-0.2, 0) is 20.7 Å². The Balaban J connectivity index is 2.49. The zero-order valence-corrected chi connectivity index (χ0v) is 13.1. The van der Waals surface area contributed by atoms with Crippen molar-refractivity contribution < 1.29 is 25.2 Å². The van der Waals surface area contributed by atoms with E-state index < -0.39 is 18.3 Å². The van der Waals surface area contributed by atoms with Crippen molar-refractivity contribution in [3.05, 3.63) is 41.7 Å². The van der Waals surface area contributed by atoms with Crippen molar-refractivity contribution >= 4 is 11.9 Å². The molecule has 0 amide bonds. The average Bonchev–Trinajstić information content (AvgIpc) is 3.06. The van der Waals surface area contributed by atoms with E-state index in [4.69, 9.17) is 10.8 Å². The number of ether oxygens (including phenoxy) is 3. The van der Waals surface area contributed by atoms with Gasteiger partial charge >= 0.3 is 11.9 Å². The molecular formula is C16H18N2O5. The summed E-state index contributed by atoms with van der Waals surface area (Å²) in [7, 11) is 2.74. The number of methoxy groups -OCH3 is 2. The van der Waals surface area contributed by atoms with Gasteiger partial charge in [0.2, 0.25) is 0 Å². The number of hydrogen-bond donors (Lipinski definition) is 0. The van der Waals surface area contributed by atoms with Gasteiger partial charge in [0, 0.05) is 1.37 Å². The number of esters is 2. The molecule has 0 radical (unpaired) electrons. The van der Waals surface area contributed by atoms with Gasteiger partial charge in [-0.25, -0.2) is 9.48 Å². The average molecular weight is 319 g/mol. The van der Waals surface area contributed by atoms with Crippen LogP contribution in [0.5, 0.6) is 5.75 Å². The highest BCUT2D eigenvalue weighted by Crippen LogP contribution is 2.18. The van der Waals surface area contributed by atoms with E-state index in [-0.39, 0.29) is 18.0 Å². The molecule has 23 heavy (non-hydrogen) atoms. The second-order valence-electron chi connectivity index (χ2n) is 4.45. The number of carbonyl (C=O) groups excluding carboxylic acids is 2. The number of hydrogen-bond acceptors (Lipinski definition) is 6. The van der Waals surface area contributed by atoms with E-state index in [0.29, 0.717) is 11.4 Å². The van der Waals surface area contributed by atoms with E-state index in [9.17, 15) is 9.59 Å². The number of aromatic nitrogens is 2. The highest BCUT2D eigenvalue weighted by molar-refractivity contribution is 5.87. The summed E-state index contributed by atoms with van der Waals surface area (Å²) in [5.41, 5.74) is 0.793. The molecule has 122 valence electrons. The van der Waals surface area contributed by atoms with Gasteiger partial charge in [0.25, 0.3) is 0 Å². The summed E-state index contributed by atoms with van der Waals surface area (Å²) in [6.07, 6.45) is -1.34. The predicted molar refractivity (Wildman–Crippen MR) is 81.8 cm³/mol. The quantitative estimate of drug-likeness (QED) is 0.755. The van der Waals surface area contributed by atoms with E-state index in [2.05, 4.69) is 9.84 Å². The number of carbonyl (C=O) groups is 2. The van der Waals surface area contributed by atoms with Gasteiger partial charge in [0.1, 0.15) is 5.75 Å². The van der Waals surface area contributed by atoms with Crippen LogP contribution in [0.2, 0.25) is 0 Å². The van der Waals surface area contributed by atoms with Crippen molar-refractivity contribution in [2.45, 2.75) is 13.3 Å². The zero-order chi connectivity index (χ0) is 17.7. The molecule has 2 rings (SSSR count). The van der Waals surface area contributed by atoms with Crippen LogP contribution in [-0.4, -0.2) is 42.5 Å². The molecule has 1 atom stereocenters. The topological polar surface area (TPSA) is 79.7 Å². The Hall–Kier alpha value is -2.83. The minimum absolute atomic E-state index is 0.0174. The van der Waals surface area contributed by atoms with Crippen LogP contribution in [0, 0.1) is 0 Å². The lowest BCUT2D eigenvalue weighted by atomic mass is 10.2. The minimum atomic E-state index is -1.34. The first-order valence-electron chi connectivity index (χ1n) is 7.51. The SMILES string of the molecule is [2H]C(C(=O)OC)c1cc(C(=O)OCC)nn1-c1ccc(OC)cc1. The summed E-state index contributed by atoms with van der Waals surface area (Å²) >= 11 is 0. The molecule has 1 aromatic carbocycles. The Labute approximate surface area is 135 Å². The van der Waals surface area contributed by atoms with Crippen molar-refractivity contribution in [1.29, 1.82) is 0 Å². The fourth-order valence-corrected chi connectivity index (χ4v) is 1.91. The molecule has 2 aromatic rings. The van der Waals surface area contributed by atoms with Crippen LogP contribution in [0.4, 0.5) is 0 Å². The normalized spacial score (nSPS) is 12.2. The first-order chi connectivity index (χ1) is 11.5. The highest BCUT2D eigenvalue weighted by atomic mass is 16.5. The van der Waals surface area contributed by atoms with Crippen LogP contribution in [0.1, 0.15) is 24.5 Å². The number of rotatable bonds is 6. The van der Waals surface area contributed by atoms with Gasteiger partial charge < -0.3 is 14.2 Å². The van der Waals surface area contributed by atoms with Gasteiger partial charge in [-0.1, -0.05) is 0 Å². The number of benzene rings is 1. The number of nitrogens with zero attached hydrogens (tertiary/aromatic N) is 2. The standard InChI is InChI=1S/C16H18N2O5/c1-4-23-16(20)14-9-12(10-15(19)22-3)18(17-14)11-5-7-13(21-2)8-6-11/h5-9H,4,10H2,1-3H3/i10D. The Morgan fingerprint density at radius 3 is 2.52 bits per heavy atom. The molecule has 0 saturated heterocycles. The van der Waals surface area contributed by atoms with E-state index in [1.54, 1.807) is 38.3 Å². The molecule has 0 spiro atoms. The van der Waals surface area contributed by atoms with Crippen molar-refractivity contribution in [1.82, 2.24) is 9.78 Å². The largest absolute Gasteiger partial charge is 0.497 e. The van der Waals surface area contributed by atoms with Crippen molar-refractivity contribution in [2.75, 3.05) is 20.8 Å². The molecule has 0 N–H and O–H groups in total. The fraction of sp³-hybridized carbons (Fsp3) is 0.312. The molecule has 0 aliphatic carbocycles. The van der Waals surface area contributed by atoms with E-state index in [1.165, 1.54) is 17.9 Å². The molecule has 7 nitrogen and oxygen atoms in total. The monoisotopic (exact) mass is 319 g/mol. The zero-order valence-electron chi connectivity index (χ0n) is 14.1.